The van der Waals surface area contributed by atoms with Crippen LogP contribution in [-0.4, -0.2) is 68.7 Å². The summed E-state index contributed by atoms with van der Waals surface area (Å²) in [4.78, 5) is 48.3. The molecule has 0 aliphatic carbocycles. The van der Waals surface area contributed by atoms with Crippen molar-refractivity contribution in [3.63, 3.8) is 0 Å². The van der Waals surface area contributed by atoms with Gasteiger partial charge in [0.05, 0.1) is 0 Å². The Balaban J connectivity index is -0.000000608. The number of rotatable bonds is 18. The molecule has 0 spiro atoms. The Hall–Kier alpha value is -0.358. The third-order valence-electron chi connectivity index (χ3n) is 6.70. The van der Waals surface area contributed by atoms with Crippen LogP contribution in [-0.2, 0) is 57.9 Å². The number of ketones is 4. The summed E-state index contributed by atoms with van der Waals surface area (Å²) in [7, 11) is 0.511. The molecule has 0 amide bonds. The molecule has 220 valence electrons. The minimum Gasteiger partial charge on any atom is -0.397 e. The van der Waals surface area contributed by atoms with E-state index in [9.17, 15) is 19.2 Å². The molecule has 0 bridgehead atoms. The van der Waals surface area contributed by atoms with Gasteiger partial charge in [-0.1, -0.05) is 54.4 Å². The first-order valence-electron chi connectivity index (χ1n) is 13.0. The SMILES string of the molecule is CCCCC(=O)C(C(C)=O)[Si](OC)(OC)C(C)C.CCCCC(=O)C(C(C)=O)[Si](OC)(OC)C(C)C.[Pt+2]. The van der Waals surface area contributed by atoms with Crippen molar-refractivity contribution in [3.05, 3.63) is 0 Å². The number of carbonyl (C=O) groups is 4. The summed E-state index contributed by atoms with van der Waals surface area (Å²) in [6, 6.07) is 0. The van der Waals surface area contributed by atoms with Gasteiger partial charge in [-0.25, -0.2) is 0 Å². The van der Waals surface area contributed by atoms with Gasteiger partial charge in [0.1, 0.15) is 34.2 Å². The molecule has 37 heavy (non-hydrogen) atoms. The predicted octanol–water partition coefficient (Wildman–Crippen LogP) is 5.70. The second-order valence-corrected chi connectivity index (χ2v) is 17.8. The molecule has 2 atom stereocenters. The van der Waals surface area contributed by atoms with Crippen LogP contribution in [0.25, 0.3) is 0 Å². The summed E-state index contributed by atoms with van der Waals surface area (Å²) in [6.07, 6.45) is 4.33. The summed E-state index contributed by atoms with van der Waals surface area (Å²) in [5, 5.41) is 0. The predicted molar refractivity (Wildman–Crippen MR) is 148 cm³/mol. The van der Waals surface area contributed by atoms with Crippen molar-refractivity contribution in [2.24, 2.45) is 0 Å². The average Bonchev–Trinajstić information content (AvgIpc) is 2.82. The molecule has 0 heterocycles. The van der Waals surface area contributed by atoms with E-state index >= 15 is 0 Å². The number of hydrogen-bond acceptors (Lipinski definition) is 8. The van der Waals surface area contributed by atoms with E-state index in [-0.39, 0.29) is 55.3 Å². The van der Waals surface area contributed by atoms with Gasteiger partial charge in [-0.05, 0) is 37.8 Å². The third kappa shape index (κ3) is 11.3. The fourth-order valence-electron chi connectivity index (χ4n) is 4.71. The van der Waals surface area contributed by atoms with E-state index in [1.54, 1.807) is 28.4 Å². The van der Waals surface area contributed by atoms with E-state index in [1.165, 1.54) is 13.8 Å². The van der Waals surface area contributed by atoms with E-state index in [0.717, 1.165) is 25.7 Å². The monoisotopic (exact) mass is 743 g/mol. The van der Waals surface area contributed by atoms with Crippen molar-refractivity contribution in [2.45, 2.75) is 116 Å². The zero-order valence-corrected chi connectivity index (χ0v) is 29.4. The summed E-state index contributed by atoms with van der Waals surface area (Å²) in [6.45, 7) is 14.7. The minimum atomic E-state index is -2.83. The molecule has 11 heteroatoms. The van der Waals surface area contributed by atoms with Crippen LogP contribution in [0.5, 0.6) is 0 Å². The zero-order chi connectivity index (χ0) is 28.7. The Morgan fingerprint density at radius 2 is 0.838 bits per heavy atom. The van der Waals surface area contributed by atoms with Gasteiger partial charge in [-0.15, -0.1) is 0 Å². The van der Waals surface area contributed by atoms with Crippen LogP contribution >= 0.6 is 0 Å². The van der Waals surface area contributed by atoms with Crippen LogP contribution in [0.3, 0.4) is 0 Å². The molecule has 0 radical (unpaired) electrons. The Kier molecular flexibility index (Phi) is 22.8. The largest absolute Gasteiger partial charge is 2.00 e. The smallest absolute Gasteiger partial charge is 0.397 e. The van der Waals surface area contributed by atoms with Crippen molar-refractivity contribution >= 4 is 40.3 Å². The van der Waals surface area contributed by atoms with E-state index in [1.807, 2.05) is 41.5 Å². The summed E-state index contributed by atoms with van der Waals surface area (Å²) >= 11 is 0. The van der Waals surface area contributed by atoms with Gasteiger partial charge in [0.15, 0.2) is 0 Å². The molecular weight excluding hydrogens is 692 g/mol. The number of unbranched alkanes of at least 4 members (excludes halogenated alkanes) is 2. The van der Waals surface area contributed by atoms with Gasteiger partial charge in [0, 0.05) is 41.3 Å². The molecular formula is C26H52O8PtSi2+2. The van der Waals surface area contributed by atoms with Crippen molar-refractivity contribution < 1.29 is 57.9 Å². The number of hydrogen-bond donors (Lipinski definition) is 0. The Morgan fingerprint density at radius 3 is 0.973 bits per heavy atom. The van der Waals surface area contributed by atoms with Crippen LogP contribution in [0.2, 0.25) is 22.2 Å². The fraction of sp³-hybridized carbons (Fsp3) is 0.846. The molecule has 0 saturated carbocycles. The molecule has 0 rings (SSSR count). The first-order chi connectivity index (χ1) is 16.7. The average molecular weight is 744 g/mol. The van der Waals surface area contributed by atoms with Gasteiger partial charge < -0.3 is 17.7 Å². The number of Topliss-reactive ketones (excluding diaryl/α,β-unsaturated/α-hetero) is 4. The van der Waals surface area contributed by atoms with Crippen LogP contribution in [0, 0.1) is 0 Å². The second-order valence-electron chi connectivity index (χ2n) is 9.80. The first kappa shape index (κ1) is 41.1. The zero-order valence-electron chi connectivity index (χ0n) is 25.1. The second kappa shape index (κ2) is 20.5. The van der Waals surface area contributed by atoms with Gasteiger partial charge in [-0.3, -0.25) is 19.2 Å². The van der Waals surface area contributed by atoms with E-state index in [0.29, 0.717) is 12.8 Å². The number of carbonyl (C=O) groups excluding carboxylic acids is 4. The fourth-order valence-corrected chi connectivity index (χ4v) is 11.5. The molecule has 0 aromatic rings. The van der Waals surface area contributed by atoms with E-state index in [2.05, 4.69) is 0 Å². The van der Waals surface area contributed by atoms with E-state index in [4.69, 9.17) is 17.7 Å². The Labute approximate surface area is 242 Å². The minimum absolute atomic E-state index is 0. The first-order valence-corrected chi connectivity index (χ1v) is 16.9. The van der Waals surface area contributed by atoms with Crippen molar-refractivity contribution in [1.82, 2.24) is 0 Å². The third-order valence-corrected chi connectivity index (χ3v) is 15.5. The Morgan fingerprint density at radius 1 is 0.595 bits per heavy atom. The van der Waals surface area contributed by atoms with Crippen molar-refractivity contribution in [1.29, 1.82) is 0 Å². The quantitative estimate of drug-likeness (QED) is 0.130. The maximum Gasteiger partial charge on any atom is 2.00 e. The summed E-state index contributed by atoms with van der Waals surface area (Å²) in [5.74, 6) is -0.345. The van der Waals surface area contributed by atoms with Crippen molar-refractivity contribution in [2.75, 3.05) is 28.4 Å². The molecule has 0 saturated heterocycles. The molecule has 0 fully saturated rings. The van der Waals surface area contributed by atoms with Crippen LogP contribution < -0.4 is 0 Å². The van der Waals surface area contributed by atoms with Crippen LogP contribution in [0.15, 0.2) is 0 Å². The van der Waals surface area contributed by atoms with Gasteiger partial charge in [0.25, 0.3) is 0 Å². The summed E-state index contributed by atoms with van der Waals surface area (Å²) in [5.41, 5.74) is -1.32. The maximum absolute atomic E-state index is 12.3. The molecule has 0 aliphatic rings. The van der Waals surface area contributed by atoms with Crippen molar-refractivity contribution in [3.8, 4) is 0 Å². The molecule has 0 aromatic carbocycles. The standard InChI is InChI=1S/2C13H26O4Si.Pt/c2*1-7-8-9-12(15)13(11(4)14)18(16-5,17-6)10(2)3;/h2*10,13H,7-9H2,1-6H3;/q;;+2. The van der Waals surface area contributed by atoms with Gasteiger partial charge in [0.2, 0.25) is 0 Å². The van der Waals surface area contributed by atoms with Gasteiger partial charge in [-0.2, -0.15) is 0 Å². The topological polar surface area (TPSA) is 105 Å². The molecule has 2 unspecified atom stereocenters. The molecule has 8 nitrogen and oxygen atoms in total. The molecule has 0 aromatic heterocycles. The van der Waals surface area contributed by atoms with E-state index < -0.39 is 28.2 Å². The molecule has 0 aliphatic heterocycles. The Bertz CT molecular complexity index is 634. The summed E-state index contributed by atoms with van der Waals surface area (Å²) < 4.78 is 22.2. The molecule has 0 N–H and O–H groups in total. The maximum atomic E-state index is 12.3. The van der Waals surface area contributed by atoms with Crippen LogP contribution in [0.1, 0.15) is 93.9 Å². The van der Waals surface area contributed by atoms with Crippen LogP contribution in [0.4, 0.5) is 0 Å². The van der Waals surface area contributed by atoms with Gasteiger partial charge >= 0.3 is 38.2 Å². The normalized spacial score (nSPS) is 13.4.